The third-order valence-corrected chi connectivity index (χ3v) is 2.37. The van der Waals surface area contributed by atoms with Crippen molar-refractivity contribution in [1.82, 2.24) is 0 Å². The van der Waals surface area contributed by atoms with Gasteiger partial charge in [0.25, 0.3) is 5.69 Å². The van der Waals surface area contributed by atoms with Crippen LogP contribution in [0.3, 0.4) is 0 Å². The topological polar surface area (TPSA) is 52.4 Å². The van der Waals surface area contributed by atoms with Crippen LogP contribution in [0.1, 0.15) is 5.56 Å². The lowest BCUT2D eigenvalue weighted by Crippen LogP contribution is -1.93. The van der Waals surface area contributed by atoms with Crippen molar-refractivity contribution in [2.45, 2.75) is 0 Å². The molecule has 4 heteroatoms. The van der Waals surface area contributed by atoms with Crippen LogP contribution in [0.2, 0.25) is 0 Å². The van der Waals surface area contributed by atoms with Gasteiger partial charge in [-0.1, -0.05) is 30.0 Å². The molecular formula is C15H11NO3. The van der Waals surface area contributed by atoms with E-state index in [2.05, 4.69) is 11.8 Å². The number of nitro groups is 1. The summed E-state index contributed by atoms with van der Waals surface area (Å²) in [5.41, 5.74) is 0.786. The Balaban J connectivity index is 1.91. The molecule has 0 aliphatic carbocycles. The van der Waals surface area contributed by atoms with Gasteiger partial charge >= 0.3 is 0 Å². The molecule has 2 aromatic rings. The normalized spacial score (nSPS) is 9.26. The monoisotopic (exact) mass is 253 g/mol. The highest BCUT2D eigenvalue weighted by Crippen LogP contribution is 2.11. The number of hydrogen-bond donors (Lipinski definition) is 0. The van der Waals surface area contributed by atoms with Gasteiger partial charge in [-0.2, -0.15) is 0 Å². The summed E-state index contributed by atoms with van der Waals surface area (Å²) in [6.45, 7) is 0.279. The van der Waals surface area contributed by atoms with Crippen LogP contribution in [0.15, 0.2) is 54.6 Å². The van der Waals surface area contributed by atoms with Crippen molar-refractivity contribution in [3.63, 3.8) is 0 Å². The molecule has 0 saturated heterocycles. The van der Waals surface area contributed by atoms with Crippen molar-refractivity contribution in [2.75, 3.05) is 6.61 Å². The predicted octanol–water partition coefficient (Wildman–Crippen LogP) is 3.03. The van der Waals surface area contributed by atoms with E-state index in [0.717, 1.165) is 11.3 Å². The van der Waals surface area contributed by atoms with Crippen LogP contribution in [0.5, 0.6) is 5.75 Å². The number of nitro benzene ring substituents is 1. The van der Waals surface area contributed by atoms with E-state index >= 15 is 0 Å². The van der Waals surface area contributed by atoms with Gasteiger partial charge < -0.3 is 4.74 Å². The highest BCUT2D eigenvalue weighted by Gasteiger charge is 2.01. The molecule has 0 amide bonds. The second-order valence-electron chi connectivity index (χ2n) is 3.71. The van der Waals surface area contributed by atoms with Crippen molar-refractivity contribution >= 4 is 5.69 Å². The summed E-state index contributed by atoms with van der Waals surface area (Å²) < 4.78 is 5.41. The molecule has 2 rings (SSSR count). The van der Waals surface area contributed by atoms with Gasteiger partial charge in [0.15, 0.2) is 0 Å². The SMILES string of the molecule is O=[N+]([O-])c1ccc(C#CCOc2ccccc2)cc1. The second-order valence-corrected chi connectivity index (χ2v) is 3.71. The maximum absolute atomic E-state index is 10.5. The maximum Gasteiger partial charge on any atom is 0.269 e. The van der Waals surface area contributed by atoms with E-state index in [4.69, 9.17) is 4.74 Å². The Bertz CT molecular complexity index is 609. The lowest BCUT2D eigenvalue weighted by Gasteiger charge is -1.99. The number of non-ortho nitro benzene ring substituents is 1. The van der Waals surface area contributed by atoms with Crippen molar-refractivity contribution in [3.05, 3.63) is 70.3 Å². The highest BCUT2D eigenvalue weighted by atomic mass is 16.6. The predicted molar refractivity (Wildman–Crippen MR) is 71.9 cm³/mol. The molecule has 4 nitrogen and oxygen atoms in total. The fourth-order valence-electron chi connectivity index (χ4n) is 1.44. The summed E-state index contributed by atoms with van der Waals surface area (Å²) in [4.78, 5) is 10.0. The second kappa shape index (κ2) is 6.22. The third kappa shape index (κ3) is 3.86. The summed E-state index contributed by atoms with van der Waals surface area (Å²) in [6.07, 6.45) is 0. The van der Waals surface area contributed by atoms with E-state index in [1.54, 1.807) is 12.1 Å². The zero-order chi connectivity index (χ0) is 13.5. The average molecular weight is 253 g/mol. The Morgan fingerprint density at radius 2 is 1.74 bits per heavy atom. The van der Waals surface area contributed by atoms with Crippen LogP contribution >= 0.6 is 0 Å². The van der Waals surface area contributed by atoms with Gasteiger partial charge in [0.1, 0.15) is 12.4 Å². The Hall–Kier alpha value is -2.80. The molecular weight excluding hydrogens is 242 g/mol. The van der Waals surface area contributed by atoms with Crippen LogP contribution in [0.4, 0.5) is 5.69 Å². The molecule has 0 aliphatic rings. The highest BCUT2D eigenvalue weighted by molar-refractivity contribution is 5.41. The third-order valence-electron chi connectivity index (χ3n) is 2.37. The fourth-order valence-corrected chi connectivity index (χ4v) is 1.44. The zero-order valence-corrected chi connectivity index (χ0v) is 10.1. The molecule has 0 N–H and O–H groups in total. The van der Waals surface area contributed by atoms with Crippen molar-refractivity contribution in [1.29, 1.82) is 0 Å². The largest absolute Gasteiger partial charge is 0.481 e. The quantitative estimate of drug-likeness (QED) is 0.480. The lowest BCUT2D eigenvalue weighted by molar-refractivity contribution is -0.384. The summed E-state index contributed by atoms with van der Waals surface area (Å²) in [7, 11) is 0. The molecule has 0 fully saturated rings. The number of nitrogens with zero attached hydrogens (tertiary/aromatic N) is 1. The van der Waals surface area contributed by atoms with Crippen LogP contribution < -0.4 is 4.74 Å². The Morgan fingerprint density at radius 1 is 1.05 bits per heavy atom. The molecule has 94 valence electrons. The molecule has 0 unspecified atom stereocenters. The molecule has 0 radical (unpaired) electrons. The minimum absolute atomic E-state index is 0.0612. The average Bonchev–Trinajstić information content (AvgIpc) is 2.45. The van der Waals surface area contributed by atoms with Gasteiger partial charge in [-0.25, -0.2) is 0 Å². The molecule has 0 aromatic heterocycles. The smallest absolute Gasteiger partial charge is 0.269 e. The lowest BCUT2D eigenvalue weighted by atomic mass is 10.2. The van der Waals surface area contributed by atoms with E-state index in [1.165, 1.54) is 12.1 Å². The van der Waals surface area contributed by atoms with Gasteiger partial charge in [-0.15, -0.1) is 0 Å². The van der Waals surface area contributed by atoms with E-state index in [0.29, 0.717) is 0 Å². The van der Waals surface area contributed by atoms with E-state index in [-0.39, 0.29) is 12.3 Å². The Morgan fingerprint density at radius 3 is 2.37 bits per heavy atom. The first-order chi connectivity index (χ1) is 9.25. The number of hydrogen-bond acceptors (Lipinski definition) is 3. The summed E-state index contributed by atoms with van der Waals surface area (Å²) >= 11 is 0. The van der Waals surface area contributed by atoms with Gasteiger partial charge in [-0.3, -0.25) is 10.1 Å². The minimum Gasteiger partial charge on any atom is -0.481 e. The molecule has 0 aliphatic heterocycles. The molecule has 0 bridgehead atoms. The van der Waals surface area contributed by atoms with E-state index < -0.39 is 4.92 Å². The zero-order valence-electron chi connectivity index (χ0n) is 10.1. The first-order valence-corrected chi connectivity index (χ1v) is 5.67. The summed E-state index contributed by atoms with van der Waals surface area (Å²) in [6, 6.07) is 15.5. The minimum atomic E-state index is -0.435. The standard InChI is InChI=1S/C15H11NO3/c17-16(18)14-10-8-13(9-11-14)5-4-12-19-15-6-2-1-3-7-15/h1-3,6-11H,12H2. The van der Waals surface area contributed by atoms with Crippen LogP contribution in [0.25, 0.3) is 0 Å². The Kier molecular flexibility index (Phi) is 4.14. The number of para-hydroxylation sites is 1. The van der Waals surface area contributed by atoms with Gasteiger partial charge in [0, 0.05) is 17.7 Å². The maximum atomic E-state index is 10.5. The molecule has 0 saturated carbocycles. The van der Waals surface area contributed by atoms with Crippen molar-refractivity contribution < 1.29 is 9.66 Å². The van der Waals surface area contributed by atoms with E-state index in [1.807, 2.05) is 30.3 Å². The number of benzene rings is 2. The summed E-state index contributed by atoms with van der Waals surface area (Å²) in [5.74, 6) is 6.50. The number of ether oxygens (including phenoxy) is 1. The molecule has 2 aromatic carbocycles. The molecule has 0 atom stereocenters. The van der Waals surface area contributed by atoms with Crippen LogP contribution in [0, 0.1) is 22.0 Å². The van der Waals surface area contributed by atoms with Crippen molar-refractivity contribution in [3.8, 4) is 17.6 Å². The summed E-state index contributed by atoms with van der Waals surface area (Å²) in [5, 5.41) is 10.5. The number of rotatable bonds is 3. The fraction of sp³-hybridized carbons (Fsp3) is 0.0667. The molecule has 0 heterocycles. The van der Waals surface area contributed by atoms with Crippen LogP contribution in [-0.4, -0.2) is 11.5 Å². The first kappa shape index (κ1) is 12.7. The first-order valence-electron chi connectivity index (χ1n) is 5.67. The van der Waals surface area contributed by atoms with Gasteiger partial charge in [-0.05, 0) is 24.3 Å². The van der Waals surface area contributed by atoms with Gasteiger partial charge in [0.2, 0.25) is 0 Å². The van der Waals surface area contributed by atoms with Gasteiger partial charge in [0.05, 0.1) is 4.92 Å². The molecule has 0 spiro atoms. The van der Waals surface area contributed by atoms with Crippen molar-refractivity contribution in [2.24, 2.45) is 0 Å². The Labute approximate surface area is 110 Å². The van der Waals surface area contributed by atoms with Crippen LogP contribution in [-0.2, 0) is 0 Å². The van der Waals surface area contributed by atoms with E-state index in [9.17, 15) is 10.1 Å². The molecule has 19 heavy (non-hydrogen) atoms.